The molecule has 0 spiro atoms. The Morgan fingerprint density at radius 3 is 0.918 bits per heavy atom. The fourth-order valence-corrected chi connectivity index (χ4v) is 7.73. The zero-order valence-electron chi connectivity index (χ0n) is 47.1. The van der Waals surface area contributed by atoms with E-state index in [1.165, 1.54) is 89.9 Å². The average molecular weight is 1010 g/mol. The number of hydrogen-bond acceptors (Lipinski definition) is 6. The molecule has 6 nitrogen and oxygen atoms in total. The molecule has 0 N–H and O–H groups in total. The Hall–Kier alpha value is -4.45. The maximum Gasteiger partial charge on any atom is 0.306 e. The van der Waals surface area contributed by atoms with Gasteiger partial charge in [-0.15, -0.1) is 0 Å². The molecule has 0 fully saturated rings. The van der Waals surface area contributed by atoms with Crippen molar-refractivity contribution in [3.05, 3.63) is 134 Å². The van der Waals surface area contributed by atoms with Gasteiger partial charge in [0.2, 0.25) is 0 Å². The van der Waals surface area contributed by atoms with Crippen molar-refractivity contribution in [2.45, 2.75) is 258 Å². The molecule has 0 aromatic rings. The van der Waals surface area contributed by atoms with Crippen LogP contribution in [0.15, 0.2) is 134 Å². The van der Waals surface area contributed by atoms with Crippen LogP contribution in [0.3, 0.4) is 0 Å². The summed E-state index contributed by atoms with van der Waals surface area (Å²) in [5, 5.41) is 0. The highest BCUT2D eigenvalue weighted by atomic mass is 16.6. The number of hydrogen-bond donors (Lipinski definition) is 0. The fraction of sp³-hybridized carbons (Fsp3) is 0.627. The smallest absolute Gasteiger partial charge is 0.306 e. The lowest BCUT2D eigenvalue weighted by molar-refractivity contribution is -0.167. The van der Waals surface area contributed by atoms with Gasteiger partial charge in [-0.25, -0.2) is 0 Å². The number of carbonyl (C=O) groups excluding carboxylic acids is 3. The van der Waals surface area contributed by atoms with Gasteiger partial charge in [-0.2, -0.15) is 0 Å². The van der Waals surface area contributed by atoms with Crippen molar-refractivity contribution >= 4 is 17.9 Å². The van der Waals surface area contributed by atoms with Gasteiger partial charge in [-0.05, 0) is 128 Å². The summed E-state index contributed by atoms with van der Waals surface area (Å²) >= 11 is 0. The van der Waals surface area contributed by atoms with E-state index in [4.69, 9.17) is 14.2 Å². The molecule has 0 unspecified atom stereocenters. The SMILES string of the molecule is CC/C=C\C/C=C\C/C=C\C/C=C\C/C=C\CCCCCC(=O)OC[C@@H](COC(=O)CCC/C=C\C/C=C\C/C=C\C/C=C\C/C=C\CC)OC(=O)CCCCCCCCCCC/C=C\CCCCCCCC. The van der Waals surface area contributed by atoms with Gasteiger partial charge in [0.25, 0.3) is 0 Å². The molecule has 0 rings (SSSR count). The molecule has 0 aromatic carbocycles. The summed E-state index contributed by atoms with van der Waals surface area (Å²) in [5.74, 6) is -1.01. The van der Waals surface area contributed by atoms with Gasteiger partial charge < -0.3 is 14.2 Å². The van der Waals surface area contributed by atoms with Crippen molar-refractivity contribution < 1.29 is 28.6 Å². The van der Waals surface area contributed by atoms with Crippen molar-refractivity contribution in [1.29, 1.82) is 0 Å². The zero-order valence-corrected chi connectivity index (χ0v) is 47.1. The molecule has 0 saturated heterocycles. The molecule has 6 heteroatoms. The van der Waals surface area contributed by atoms with Crippen LogP contribution >= 0.6 is 0 Å². The highest BCUT2D eigenvalue weighted by molar-refractivity contribution is 5.71. The lowest BCUT2D eigenvalue weighted by atomic mass is 10.1. The maximum absolute atomic E-state index is 12.9. The summed E-state index contributed by atoms with van der Waals surface area (Å²) in [6, 6.07) is 0. The van der Waals surface area contributed by atoms with Gasteiger partial charge >= 0.3 is 17.9 Å². The number of esters is 3. The van der Waals surface area contributed by atoms with Crippen molar-refractivity contribution in [1.82, 2.24) is 0 Å². The van der Waals surface area contributed by atoms with Gasteiger partial charge in [0.1, 0.15) is 13.2 Å². The molecular weight excluding hydrogens is 901 g/mol. The first-order chi connectivity index (χ1) is 36.0. The largest absolute Gasteiger partial charge is 0.462 e. The molecule has 73 heavy (non-hydrogen) atoms. The second kappa shape index (κ2) is 60.1. The Morgan fingerprint density at radius 2 is 0.548 bits per heavy atom. The van der Waals surface area contributed by atoms with Crippen LogP contribution in [-0.4, -0.2) is 37.2 Å². The summed E-state index contributed by atoms with van der Waals surface area (Å²) < 4.78 is 16.8. The number of rotatable bonds is 52. The highest BCUT2D eigenvalue weighted by Crippen LogP contribution is 2.14. The van der Waals surface area contributed by atoms with E-state index in [1.54, 1.807) is 0 Å². The summed E-state index contributed by atoms with van der Waals surface area (Å²) in [4.78, 5) is 38.2. The molecule has 0 aromatic heterocycles. The molecule has 0 bridgehead atoms. The number of unbranched alkanes of at least 4 members (excludes halogenated alkanes) is 19. The van der Waals surface area contributed by atoms with Crippen molar-refractivity contribution in [3.8, 4) is 0 Å². The molecule has 0 amide bonds. The number of ether oxygens (including phenoxy) is 3. The molecule has 0 aliphatic rings. The number of allylic oxidation sites excluding steroid dienone is 22. The molecule has 0 heterocycles. The second-order valence-corrected chi connectivity index (χ2v) is 19.1. The summed E-state index contributed by atoms with van der Waals surface area (Å²) in [5.41, 5.74) is 0. The van der Waals surface area contributed by atoms with Crippen LogP contribution < -0.4 is 0 Å². The topological polar surface area (TPSA) is 78.9 Å². The Bertz CT molecular complexity index is 1580. The maximum atomic E-state index is 12.9. The van der Waals surface area contributed by atoms with Gasteiger partial charge in [0.05, 0.1) is 0 Å². The van der Waals surface area contributed by atoms with Crippen molar-refractivity contribution in [3.63, 3.8) is 0 Å². The van der Waals surface area contributed by atoms with Crippen LogP contribution in [0, 0.1) is 0 Å². The molecule has 0 aliphatic heterocycles. The standard InChI is InChI=1S/C67H108O6/c1-4-7-10-13-16-19-22-25-28-31-33-36-39-42-45-48-51-54-57-60-66(69)72-63-64(62-71-65(68)59-56-53-50-47-44-41-38-35-30-27-24-21-18-15-12-9-6-3)73-67(70)61-58-55-52-49-46-43-40-37-34-32-29-26-23-20-17-14-11-8-5-2/h7,9-10,12,16,18-19,21,25-30,33,36,38,41-42,45,47,50,64H,4-6,8,11,13-15,17,20,22-24,31-32,34-35,37,39-40,43-44,46,48-49,51-63H2,1-3H3/b10-7-,12-9-,19-16-,21-18-,28-25-,29-26-,30-27-,36-33-,41-38-,45-42-,50-47-/t64-/m1/s1. The fourth-order valence-electron chi connectivity index (χ4n) is 7.73. The van der Waals surface area contributed by atoms with Crippen molar-refractivity contribution in [2.75, 3.05) is 13.2 Å². The third-order valence-corrected chi connectivity index (χ3v) is 12.1. The van der Waals surface area contributed by atoms with Crippen LogP contribution in [0.5, 0.6) is 0 Å². The summed E-state index contributed by atoms with van der Waals surface area (Å²) in [6.07, 6.45) is 84.5. The summed E-state index contributed by atoms with van der Waals surface area (Å²) in [6.45, 7) is 6.33. The monoisotopic (exact) mass is 1010 g/mol. The van der Waals surface area contributed by atoms with Crippen molar-refractivity contribution in [2.24, 2.45) is 0 Å². The van der Waals surface area contributed by atoms with Gasteiger partial charge in [0.15, 0.2) is 6.10 Å². The molecule has 1 atom stereocenters. The average Bonchev–Trinajstić information content (AvgIpc) is 3.39. The third-order valence-electron chi connectivity index (χ3n) is 12.1. The predicted octanol–water partition coefficient (Wildman–Crippen LogP) is 20.2. The lowest BCUT2D eigenvalue weighted by Gasteiger charge is -2.18. The third kappa shape index (κ3) is 58.3. The Morgan fingerprint density at radius 1 is 0.288 bits per heavy atom. The molecule has 0 saturated carbocycles. The van der Waals surface area contributed by atoms with E-state index in [2.05, 4.69) is 154 Å². The van der Waals surface area contributed by atoms with E-state index in [0.717, 1.165) is 116 Å². The minimum atomic E-state index is -0.822. The minimum Gasteiger partial charge on any atom is -0.462 e. The normalized spacial score (nSPS) is 13.1. The first-order valence-electron chi connectivity index (χ1n) is 29.7. The van der Waals surface area contributed by atoms with Crippen LogP contribution in [0.25, 0.3) is 0 Å². The quantitative estimate of drug-likeness (QED) is 0.0261. The Labute approximate surface area is 449 Å². The molecular formula is C67H108O6. The van der Waals surface area contributed by atoms with Gasteiger partial charge in [-0.3, -0.25) is 14.4 Å². The predicted molar refractivity (Wildman–Crippen MR) is 316 cm³/mol. The van der Waals surface area contributed by atoms with Gasteiger partial charge in [0, 0.05) is 19.3 Å². The first kappa shape index (κ1) is 68.6. The van der Waals surface area contributed by atoms with E-state index in [9.17, 15) is 14.4 Å². The van der Waals surface area contributed by atoms with Crippen LogP contribution in [0.1, 0.15) is 252 Å². The van der Waals surface area contributed by atoms with Crippen LogP contribution in [0.4, 0.5) is 0 Å². The van der Waals surface area contributed by atoms with E-state index in [-0.39, 0.29) is 37.5 Å². The van der Waals surface area contributed by atoms with E-state index in [1.807, 2.05) is 0 Å². The molecule has 0 radical (unpaired) electrons. The number of carbonyl (C=O) groups is 3. The highest BCUT2D eigenvalue weighted by Gasteiger charge is 2.19. The van der Waals surface area contributed by atoms with E-state index < -0.39 is 6.10 Å². The summed E-state index contributed by atoms with van der Waals surface area (Å²) in [7, 11) is 0. The Kier molecular flexibility index (Phi) is 56.4. The Balaban J connectivity index is 4.54. The van der Waals surface area contributed by atoms with Crippen LogP contribution in [0.2, 0.25) is 0 Å². The molecule has 0 aliphatic carbocycles. The second-order valence-electron chi connectivity index (χ2n) is 19.1. The van der Waals surface area contributed by atoms with Crippen LogP contribution in [-0.2, 0) is 28.6 Å². The first-order valence-corrected chi connectivity index (χ1v) is 29.7. The van der Waals surface area contributed by atoms with E-state index in [0.29, 0.717) is 19.3 Å². The lowest BCUT2D eigenvalue weighted by Crippen LogP contribution is -2.30. The minimum absolute atomic E-state index is 0.118. The molecule has 412 valence electrons. The van der Waals surface area contributed by atoms with Gasteiger partial charge in [-0.1, -0.05) is 238 Å². The zero-order chi connectivity index (χ0) is 52.9. The van der Waals surface area contributed by atoms with E-state index >= 15 is 0 Å².